The number of aromatic amines is 1. The van der Waals surface area contributed by atoms with Gasteiger partial charge in [0.1, 0.15) is 0 Å². The number of methoxy groups -OCH3 is 1. The minimum Gasteiger partial charge on any atom is -0.469 e. The van der Waals surface area contributed by atoms with Crippen LogP contribution >= 0.6 is 11.3 Å². The van der Waals surface area contributed by atoms with Gasteiger partial charge in [-0.3, -0.25) is 9.59 Å². The standard InChI is InChI=1S/C12H18N2O5S2/c1-7-11(20-12(16)13-7)21(17,18)14-9-5-3-8(4-6-9)10(15)19-2/h8-9,14H,3-6H2,1-2H3,(H,13,16). The Bertz CT molecular complexity index is 668. The Morgan fingerprint density at radius 2 is 1.95 bits per heavy atom. The van der Waals surface area contributed by atoms with Gasteiger partial charge in [-0.05, 0) is 32.6 Å². The molecule has 0 spiro atoms. The van der Waals surface area contributed by atoms with Crippen molar-refractivity contribution in [1.29, 1.82) is 0 Å². The van der Waals surface area contributed by atoms with Crippen LogP contribution in [0.2, 0.25) is 0 Å². The van der Waals surface area contributed by atoms with Crippen LogP contribution < -0.4 is 9.60 Å². The molecule has 0 radical (unpaired) electrons. The second-order valence-electron chi connectivity index (χ2n) is 5.12. The zero-order valence-electron chi connectivity index (χ0n) is 11.8. The lowest BCUT2D eigenvalue weighted by Crippen LogP contribution is -2.38. The number of hydrogen-bond acceptors (Lipinski definition) is 6. The summed E-state index contributed by atoms with van der Waals surface area (Å²) in [6, 6.07) is -0.215. The number of carbonyl (C=O) groups excluding carboxylic acids is 1. The molecule has 1 fully saturated rings. The first-order chi connectivity index (χ1) is 9.83. The molecule has 0 aliphatic heterocycles. The number of sulfonamides is 1. The summed E-state index contributed by atoms with van der Waals surface area (Å²) < 4.78 is 31.9. The van der Waals surface area contributed by atoms with E-state index >= 15 is 0 Å². The molecule has 1 saturated carbocycles. The van der Waals surface area contributed by atoms with E-state index in [1.165, 1.54) is 7.11 Å². The molecule has 2 rings (SSSR count). The van der Waals surface area contributed by atoms with Crippen LogP contribution in [0.25, 0.3) is 0 Å². The number of H-pyrrole nitrogens is 1. The van der Waals surface area contributed by atoms with Gasteiger partial charge in [0.05, 0.1) is 13.0 Å². The van der Waals surface area contributed by atoms with Gasteiger partial charge in [-0.2, -0.15) is 0 Å². The molecule has 21 heavy (non-hydrogen) atoms. The fraction of sp³-hybridized carbons (Fsp3) is 0.667. The Labute approximate surface area is 126 Å². The number of thiazole rings is 1. The molecule has 1 heterocycles. The molecule has 0 unspecified atom stereocenters. The summed E-state index contributed by atoms with van der Waals surface area (Å²) in [7, 11) is -2.34. The SMILES string of the molecule is COC(=O)C1CCC(NS(=O)(=O)c2sc(=O)[nH]c2C)CC1. The maximum Gasteiger partial charge on any atom is 0.308 e. The number of ether oxygens (including phenoxy) is 1. The topological polar surface area (TPSA) is 105 Å². The lowest BCUT2D eigenvalue weighted by Gasteiger charge is -2.27. The van der Waals surface area contributed by atoms with Crippen molar-refractivity contribution < 1.29 is 17.9 Å². The van der Waals surface area contributed by atoms with E-state index in [1.54, 1.807) is 6.92 Å². The number of rotatable bonds is 4. The van der Waals surface area contributed by atoms with Crippen LogP contribution in [0.1, 0.15) is 31.4 Å². The summed E-state index contributed by atoms with van der Waals surface area (Å²) in [5.74, 6) is -0.392. The van der Waals surface area contributed by atoms with Crippen molar-refractivity contribution in [1.82, 2.24) is 9.71 Å². The number of nitrogens with one attached hydrogen (secondary N) is 2. The highest BCUT2D eigenvalue weighted by atomic mass is 32.2. The highest BCUT2D eigenvalue weighted by Gasteiger charge is 2.30. The molecule has 7 nitrogen and oxygen atoms in total. The highest BCUT2D eigenvalue weighted by molar-refractivity contribution is 7.91. The summed E-state index contributed by atoms with van der Waals surface area (Å²) in [5.41, 5.74) is 0.348. The van der Waals surface area contributed by atoms with E-state index in [0.29, 0.717) is 42.7 Å². The van der Waals surface area contributed by atoms with E-state index in [4.69, 9.17) is 4.74 Å². The molecule has 1 aliphatic rings. The van der Waals surface area contributed by atoms with Gasteiger partial charge < -0.3 is 9.72 Å². The monoisotopic (exact) mass is 334 g/mol. The summed E-state index contributed by atoms with van der Waals surface area (Å²) in [5, 5.41) is 0. The lowest BCUT2D eigenvalue weighted by atomic mass is 9.86. The normalized spacial score (nSPS) is 23.0. The average molecular weight is 334 g/mol. The fourth-order valence-electron chi connectivity index (χ4n) is 2.53. The van der Waals surface area contributed by atoms with Gasteiger partial charge in [-0.15, -0.1) is 0 Å². The molecule has 2 N–H and O–H groups in total. The van der Waals surface area contributed by atoms with Crippen LogP contribution in [0.3, 0.4) is 0 Å². The van der Waals surface area contributed by atoms with Crippen molar-refractivity contribution >= 4 is 27.3 Å². The van der Waals surface area contributed by atoms with Crippen molar-refractivity contribution in [3.8, 4) is 0 Å². The predicted octanol–water partition coefficient (Wildman–Crippen LogP) is 0.755. The zero-order chi connectivity index (χ0) is 15.6. The van der Waals surface area contributed by atoms with E-state index in [1.807, 2.05) is 0 Å². The quantitative estimate of drug-likeness (QED) is 0.791. The van der Waals surface area contributed by atoms with Gasteiger partial charge in [-0.25, -0.2) is 13.1 Å². The molecule has 0 saturated heterocycles. The Morgan fingerprint density at radius 1 is 1.33 bits per heavy atom. The van der Waals surface area contributed by atoms with Gasteiger partial charge in [0.25, 0.3) is 10.0 Å². The first kappa shape index (κ1) is 16.2. The molecule has 1 aromatic rings. The second-order valence-corrected chi connectivity index (χ2v) is 8.01. The maximum absolute atomic E-state index is 12.3. The molecule has 1 aromatic heterocycles. The van der Waals surface area contributed by atoms with Crippen molar-refractivity contribution in [3.63, 3.8) is 0 Å². The lowest BCUT2D eigenvalue weighted by molar-refractivity contribution is -0.146. The van der Waals surface area contributed by atoms with E-state index in [9.17, 15) is 18.0 Å². The van der Waals surface area contributed by atoms with Crippen LogP contribution in [-0.2, 0) is 19.6 Å². The third kappa shape index (κ3) is 3.72. The summed E-state index contributed by atoms with van der Waals surface area (Å²) in [4.78, 5) is 24.7. The summed E-state index contributed by atoms with van der Waals surface area (Å²) in [6.07, 6.45) is 2.36. The van der Waals surface area contributed by atoms with Crippen LogP contribution in [0.5, 0.6) is 0 Å². The van der Waals surface area contributed by atoms with Crippen LogP contribution in [-0.4, -0.2) is 32.5 Å². The molecule has 0 amide bonds. The van der Waals surface area contributed by atoms with Crippen LogP contribution in [0, 0.1) is 12.8 Å². The highest BCUT2D eigenvalue weighted by Crippen LogP contribution is 2.27. The fourth-order valence-corrected chi connectivity index (χ4v) is 5.16. The molecule has 0 atom stereocenters. The van der Waals surface area contributed by atoms with E-state index < -0.39 is 10.0 Å². The molecule has 9 heteroatoms. The Morgan fingerprint density at radius 3 is 2.43 bits per heavy atom. The Balaban J connectivity index is 2.01. The Kier molecular flexibility index (Phi) is 4.84. The van der Waals surface area contributed by atoms with Gasteiger partial charge in [0.2, 0.25) is 0 Å². The maximum atomic E-state index is 12.3. The smallest absolute Gasteiger partial charge is 0.308 e. The molecule has 1 aliphatic carbocycles. The minimum absolute atomic E-state index is 0.0302. The summed E-state index contributed by atoms with van der Waals surface area (Å²) >= 11 is 0.683. The number of aryl methyl sites for hydroxylation is 1. The van der Waals surface area contributed by atoms with Gasteiger partial charge in [0.15, 0.2) is 4.21 Å². The van der Waals surface area contributed by atoms with E-state index in [-0.39, 0.29) is 27.0 Å². The number of carbonyl (C=O) groups is 1. The second kappa shape index (κ2) is 6.29. The van der Waals surface area contributed by atoms with Crippen molar-refractivity contribution in [2.75, 3.05) is 7.11 Å². The predicted molar refractivity (Wildman–Crippen MR) is 77.8 cm³/mol. The van der Waals surface area contributed by atoms with Crippen molar-refractivity contribution in [2.24, 2.45) is 5.92 Å². The molecular weight excluding hydrogens is 316 g/mol. The van der Waals surface area contributed by atoms with Gasteiger partial charge in [0, 0.05) is 11.7 Å². The first-order valence-corrected chi connectivity index (χ1v) is 8.93. The van der Waals surface area contributed by atoms with E-state index in [2.05, 4.69) is 9.71 Å². The minimum atomic E-state index is -3.69. The molecule has 118 valence electrons. The third-order valence-corrected chi connectivity index (χ3v) is 6.73. The molecular formula is C12H18N2O5S2. The Hall–Kier alpha value is -1.19. The third-order valence-electron chi connectivity index (χ3n) is 3.61. The number of esters is 1. The van der Waals surface area contributed by atoms with Crippen LogP contribution in [0.15, 0.2) is 9.00 Å². The van der Waals surface area contributed by atoms with Crippen LogP contribution in [0.4, 0.5) is 0 Å². The largest absolute Gasteiger partial charge is 0.469 e. The van der Waals surface area contributed by atoms with Gasteiger partial charge in [-0.1, -0.05) is 11.3 Å². The number of hydrogen-bond donors (Lipinski definition) is 2. The van der Waals surface area contributed by atoms with Crippen molar-refractivity contribution in [3.05, 3.63) is 15.4 Å². The van der Waals surface area contributed by atoms with Gasteiger partial charge >= 0.3 is 10.8 Å². The first-order valence-electron chi connectivity index (χ1n) is 6.63. The average Bonchev–Trinajstić information content (AvgIpc) is 2.78. The molecule has 0 bridgehead atoms. The summed E-state index contributed by atoms with van der Waals surface area (Å²) in [6.45, 7) is 1.56. The zero-order valence-corrected chi connectivity index (χ0v) is 13.5. The van der Waals surface area contributed by atoms with Crippen molar-refractivity contribution in [2.45, 2.75) is 42.9 Å². The molecule has 0 aromatic carbocycles. The van der Waals surface area contributed by atoms with E-state index in [0.717, 1.165) is 0 Å². The number of aromatic nitrogens is 1.